The number of aryl methyl sites for hydroxylation is 1. The van der Waals surface area contributed by atoms with Crippen LogP contribution in [0.25, 0.3) is 11.0 Å². The molecule has 3 rings (SSSR count). The third kappa shape index (κ3) is 3.10. The molecular formula is C17H18BrN3. The van der Waals surface area contributed by atoms with Crippen molar-refractivity contribution in [1.29, 1.82) is 0 Å². The highest BCUT2D eigenvalue weighted by Gasteiger charge is 2.09. The quantitative estimate of drug-likeness (QED) is 0.719. The summed E-state index contributed by atoms with van der Waals surface area (Å²) in [7, 11) is 0. The fourth-order valence-electron chi connectivity index (χ4n) is 2.51. The lowest BCUT2D eigenvalue weighted by Gasteiger charge is -2.10. The number of benzene rings is 2. The van der Waals surface area contributed by atoms with Gasteiger partial charge in [-0.25, -0.2) is 4.98 Å². The highest BCUT2D eigenvalue weighted by Crippen LogP contribution is 2.19. The molecule has 3 nitrogen and oxygen atoms in total. The second-order valence-electron chi connectivity index (χ2n) is 5.03. The first-order valence-corrected chi connectivity index (χ1v) is 8.01. The monoisotopic (exact) mass is 343 g/mol. The van der Waals surface area contributed by atoms with Gasteiger partial charge in [0.25, 0.3) is 0 Å². The van der Waals surface area contributed by atoms with Crippen LogP contribution < -0.4 is 5.32 Å². The number of hydrogen-bond donors (Lipinski definition) is 1. The zero-order chi connectivity index (χ0) is 14.7. The number of aromatic nitrogens is 2. The van der Waals surface area contributed by atoms with Gasteiger partial charge in [0.05, 0.1) is 17.6 Å². The summed E-state index contributed by atoms with van der Waals surface area (Å²) < 4.78 is 3.38. The first-order valence-electron chi connectivity index (χ1n) is 7.21. The second kappa shape index (κ2) is 6.31. The maximum Gasteiger partial charge on any atom is 0.129 e. The molecule has 0 aliphatic rings. The predicted octanol–water partition coefficient (Wildman–Crippen LogP) is 4.82. The number of nitrogens with one attached hydrogen (secondary N) is 1. The van der Waals surface area contributed by atoms with E-state index >= 15 is 0 Å². The van der Waals surface area contributed by atoms with Gasteiger partial charge in [-0.15, -0.1) is 0 Å². The maximum absolute atomic E-state index is 4.76. The number of rotatable bonds is 5. The number of fused-ring (bicyclic) bond motifs is 1. The zero-order valence-electron chi connectivity index (χ0n) is 12.0. The van der Waals surface area contributed by atoms with Crippen molar-refractivity contribution in [3.05, 3.63) is 58.8 Å². The summed E-state index contributed by atoms with van der Waals surface area (Å²) in [5.74, 6) is 1.08. The second-order valence-corrected chi connectivity index (χ2v) is 5.95. The molecule has 0 unspecified atom stereocenters. The minimum absolute atomic E-state index is 0.727. The van der Waals surface area contributed by atoms with Crippen molar-refractivity contribution in [3.8, 4) is 0 Å². The standard InChI is InChI=1S/C17H18BrN3/c1-2-10-21-16-9-4-3-8-15(16)20-17(21)12-19-14-7-5-6-13(18)11-14/h3-9,11,19H,2,10,12H2,1H3. The minimum atomic E-state index is 0.727. The van der Waals surface area contributed by atoms with E-state index in [0.717, 1.165) is 41.0 Å². The van der Waals surface area contributed by atoms with Gasteiger partial charge in [0.1, 0.15) is 5.82 Å². The van der Waals surface area contributed by atoms with E-state index in [-0.39, 0.29) is 0 Å². The summed E-state index contributed by atoms with van der Waals surface area (Å²) in [6.07, 6.45) is 1.10. The van der Waals surface area contributed by atoms with Crippen LogP contribution in [0.4, 0.5) is 5.69 Å². The Hall–Kier alpha value is -1.81. The largest absolute Gasteiger partial charge is 0.378 e. The molecule has 0 saturated carbocycles. The van der Waals surface area contributed by atoms with Gasteiger partial charge in [-0.1, -0.05) is 41.1 Å². The van der Waals surface area contributed by atoms with E-state index in [1.54, 1.807) is 0 Å². The number of imidazole rings is 1. The Bertz CT molecular complexity index is 749. The Morgan fingerprint density at radius 2 is 2.00 bits per heavy atom. The van der Waals surface area contributed by atoms with Crippen LogP contribution >= 0.6 is 15.9 Å². The molecule has 108 valence electrons. The molecule has 1 aromatic heterocycles. The number of nitrogens with zero attached hydrogens (tertiary/aromatic N) is 2. The maximum atomic E-state index is 4.76. The number of para-hydroxylation sites is 2. The predicted molar refractivity (Wildman–Crippen MR) is 91.5 cm³/mol. The fraction of sp³-hybridized carbons (Fsp3) is 0.235. The fourth-order valence-corrected chi connectivity index (χ4v) is 2.91. The van der Waals surface area contributed by atoms with E-state index in [0.29, 0.717) is 0 Å². The first kappa shape index (κ1) is 14.1. The third-order valence-corrected chi connectivity index (χ3v) is 3.95. The van der Waals surface area contributed by atoms with Crippen molar-refractivity contribution in [2.75, 3.05) is 5.32 Å². The molecule has 0 saturated heterocycles. The average molecular weight is 344 g/mol. The van der Waals surface area contributed by atoms with Crippen molar-refractivity contribution in [3.63, 3.8) is 0 Å². The van der Waals surface area contributed by atoms with Gasteiger partial charge in [0, 0.05) is 16.7 Å². The van der Waals surface area contributed by atoms with Gasteiger partial charge in [-0.05, 0) is 36.8 Å². The zero-order valence-corrected chi connectivity index (χ0v) is 13.6. The van der Waals surface area contributed by atoms with E-state index in [9.17, 15) is 0 Å². The summed E-state index contributed by atoms with van der Waals surface area (Å²) in [5.41, 5.74) is 3.38. The minimum Gasteiger partial charge on any atom is -0.378 e. The molecule has 0 bridgehead atoms. The average Bonchev–Trinajstić information content (AvgIpc) is 2.84. The van der Waals surface area contributed by atoms with Crippen LogP contribution in [0, 0.1) is 0 Å². The summed E-state index contributed by atoms with van der Waals surface area (Å²) in [6.45, 7) is 3.92. The van der Waals surface area contributed by atoms with E-state index < -0.39 is 0 Å². The molecule has 0 aliphatic carbocycles. The van der Waals surface area contributed by atoms with Crippen molar-refractivity contribution >= 4 is 32.7 Å². The van der Waals surface area contributed by atoms with Crippen LogP contribution in [-0.4, -0.2) is 9.55 Å². The van der Waals surface area contributed by atoms with Crippen molar-refractivity contribution in [1.82, 2.24) is 9.55 Å². The SMILES string of the molecule is CCCn1c(CNc2cccc(Br)c2)nc2ccccc21. The van der Waals surface area contributed by atoms with Gasteiger partial charge >= 0.3 is 0 Å². The molecule has 1 heterocycles. The Labute approximate surface area is 133 Å². The van der Waals surface area contributed by atoms with Crippen LogP contribution in [0.1, 0.15) is 19.2 Å². The van der Waals surface area contributed by atoms with Crippen LogP contribution in [0.2, 0.25) is 0 Å². The molecule has 4 heteroatoms. The van der Waals surface area contributed by atoms with Gasteiger partial charge in [-0.3, -0.25) is 0 Å². The Kier molecular flexibility index (Phi) is 4.25. The van der Waals surface area contributed by atoms with E-state index in [2.05, 4.69) is 63.1 Å². The van der Waals surface area contributed by atoms with Gasteiger partial charge in [0.15, 0.2) is 0 Å². The number of hydrogen-bond acceptors (Lipinski definition) is 2. The van der Waals surface area contributed by atoms with Gasteiger partial charge in [-0.2, -0.15) is 0 Å². The molecule has 0 amide bonds. The van der Waals surface area contributed by atoms with Crippen LogP contribution in [-0.2, 0) is 13.1 Å². The van der Waals surface area contributed by atoms with Gasteiger partial charge in [0.2, 0.25) is 0 Å². The van der Waals surface area contributed by atoms with Crippen molar-refractivity contribution in [2.45, 2.75) is 26.4 Å². The molecule has 3 aromatic rings. The highest BCUT2D eigenvalue weighted by molar-refractivity contribution is 9.10. The molecule has 0 aliphatic heterocycles. The Balaban J connectivity index is 1.87. The first-order chi connectivity index (χ1) is 10.3. The van der Waals surface area contributed by atoms with Crippen molar-refractivity contribution in [2.24, 2.45) is 0 Å². The van der Waals surface area contributed by atoms with Crippen LogP contribution in [0.3, 0.4) is 0 Å². The molecule has 0 spiro atoms. The van der Waals surface area contributed by atoms with Crippen LogP contribution in [0.5, 0.6) is 0 Å². The molecule has 0 atom stereocenters. The molecular weight excluding hydrogens is 326 g/mol. The summed E-state index contributed by atoms with van der Waals surface area (Å²) in [5, 5.41) is 3.45. The summed E-state index contributed by atoms with van der Waals surface area (Å²) in [4.78, 5) is 4.76. The van der Waals surface area contributed by atoms with E-state index in [1.165, 1.54) is 5.52 Å². The van der Waals surface area contributed by atoms with Crippen molar-refractivity contribution < 1.29 is 0 Å². The Morgan fingerprint density at radius 3 is 2.81 bits per heavy atom. The Morgan fingerprint density at radius 1 is 1.14 bits per heavy atom. The van der Waals surface area contributed by atoms with Crippen LogP contribution in [0.15, 0.2) is 53.0 Å². The smallest absolute Gasteiger partial charge is 0.129 e. The summed E-state index contributed by atoms with van der Waals surface area (Å²) in [6, 6.07) is 16.5. The topological polar surface area (TPSA) is 29.9 Å². The van der Waals surface area contributed by atoms with Gasteiger partial charge < -0.3 is 9.88 Å². The number of halogens is 1. The lowest BCUT2D eigenvalue weighted by molar-refractivity contribution is 0.661. The highest BCUT2D eigenvalue weighted by atomic mass is 79.9. The normalized spacial score (nSPS) is 11.0. The molecule has 1 N–H and O–H groups in total. The third-order valence-electron chi connectivity index (χ3n) is 3.46. The van der Waals surface area contributed by atoms with E-state index in [4.69, 9.17) is 4.98 Å². The number of anilines is 1. The van der Waals surface area contributed by atoms with E-state index in [1.807, 2.05) is 18.2 Å². The molecule has 0 fully saturated rings. The molecule has 2 aromatic carbocycles. The summed E-state index contributed by atoms with van der Waals surface area (Å²) >= 11 is 3.50. The lowest BCUT2D eigenvalue weighted by atomic mass is 10.3. The molecule has 21 heavy (non-hydrogen) atoms. The molecule has 0 radical (unpaired) electrons. The lowest BCUT2D eigenvalue weighted by Crippen LogP contribution is -2.08.